The van der Waals surface area contributed by atoms with Crippen LogP contribution >= 0.6 is 11.6 Å². The summed E-state index contributed by atoms with van der Waals surface area (Å²) in [6, 6.07) is 23.0. The van der Waals surface area contributed by atoms with Gasteiger partial charge in [-0.2, -0.15) is 5.10 Å². The molecule has 0 saturated carbocycles. The molecule has 6 heteroatoms. The third kappa shape index (κ3) is 6.36. The van der Waals surface area contributed by atoms with Crippen molar-refractivity contribution in [3.8, 4) is 5.75 Å². The van der Waals surface area contributed by atoms with Gasteiger partial charge in [-0.05, 0) is 60.0 Å². The van der Waals surface area contributed by atoms with Crippen LogP contribution in [0.4, 0.5) is 5.69 Å². The van der Waals surface area contributed by atoms with Gasteiger partial charge in [-0.25, -0.2) is 5.43 Å². The van der Waals surface area contributed by atoms with Gasteiger partial charge in [0.25, 0.3) is 5.91 Å². The minimum Gasteiger partial charge on any atom is -0.489 e. The first-order valence-corrected chi connectivity index (χ1v) is 9.57. The van der Waals surface area contributed by atoms with E-state index in [1.54, 1.807) is 6.21 Å². The summed E-state index contributed by atoms with van der Waals surface area (Å²) in [7, 11) is 0. The van der Waals surface area contributed by atoms with E-state index in [9.17, 15) is 4.79 Å². The summed E-state index contributed by atoms with van der Waals surface area (Å²) in [6.45, 7) is 2.52. The molecule has 0 unspecified atom stereocenters. The summed E-state index contributed by atoms with van der Waals surface area (Å²) in [5.74, 6) is 0.527. The average molecular weight is 408 g/mol. The Kier molecular flexibility index (Phi) is 7.25. The molecular weight excluding hydrogens is 386 g/mol. The number of anilines is 1. The smallest absolute Gasteiger partial charge is 0.259 e. The number of rotatable bonds is 8. The molecule has 0 radical (unpaired) electrons. The predicted molar refractivity (Wildman–Crippen MR) is 118 cm³/mol. The van der Waals surface area contributed by atoms with E-state index in [0.29, 0.717) is 11.6 Å². The molecule has 0 saturated heterocycles. The quantitative estimate of drug-likeness (QED) is 0.417. The van der Waals surface area contributed by atoms with Crippen LogP contribution in [0.15, 0.2) is 77.9 Å². The van der Waals surface area contributed by atoms with E-state index >= 15 is 0 Å². The van der Waals surface area contributed by atoms with Gasteiger partial charge >= 0.3 is 0 Å². The first-order chi connectivity index (χ1) is 14.1. The van der Waals surface area contributed by atoms with Crippen LogP contribution in [0.2, 0.25) is 5.02 Å². The second-order valence-electron chi connectivity index (χ2n) is 6.40. The first-order valence-electron chi connectivity index (χ1n) is 9.19. The molecule has 29 heavy (non-hydrogen) atoms. The number of carbonyl (C=O) groups is 1. The fraction of sp³-hybridized carbons (Fsp3) is 0.130. The van der Waals surface area contributed by atoms with E-state index in [1.165, 1.54) is 0 Å². The van der Waals surface area contributed by atoms with E-state index in [1.807, 2.05) is 79.7 Å². The predicted octanol–water partition coefficient (Wildman–Crippen LogP) is 4.79. The molecule has 0 fully saturated rings. The maximum Gasteiger partial charge on any atom is 0.259 e. The van der Waals surface area contributed by atoms with Crippen molar-refractivity contribution in [1.29, 1.82) is 0 Å². The van der Waals surface area contributed by atoms with Crippen LogP contribution in [-0.4, -0.2) is 18.7 Å². The second-order valence-corrected chi connectivity index (χ2v) is 6.81. The van der Waals surface area contributed by atoms with Crippen LogP contribution in [0, 0.1) is 6.92 Å². The molecule has 2 N–H and O–H groups in total. The Hall–Kier alpha value is -3.31. The van der Waals surface area contributed by atoms with Crippen molar-refractivity contribution in [1.82, 2.24) is 5.43 Å². The third-order valence-electron chi connectivity index (χ3n) is 4.24. The lowest BCUT2D eigenvalue weighted by Crippen LogP contribution is -2.26. The zero-order chi connectivity index (χ0) is 20.5. The van der Waals surface area contributed by atoms with E-state index in [2.05, 4.69) is 15.8 Å². The lowest BCUT2D eigenvalue weighted by Gasteiger charge is -2.09. The monoisotopic (exact) mass is 407 g/mol. The minimum absolute atomic E-state index is 0.102. The lowest BCUT2D eigenvalue weighted by molar-refractivity contribution is -0.119. The van der Waals surface area contributed by atoms with Gasteiger partial charge < -0.3 is 10.1 Å². The summed E-state index contributed by atoms with van der Waals surface area (Å²) in [5.41, 5.74) is 6.20. The number of hydrazone groups is 1. The van der Waals surface area contributed by atoms with Crippen molar-refractivity contribution in [2.24, 2.45) is 5.10 Å². The molecule has 0 aliphatic heterocycles. The zero-order valence-electron chi connectivity index (χ0n) is 16.1. The molecule has 0 aromatic heterocycles. The molecule has 1 amide bonds. The van der Waals surface area contributed by atoms with Gasteiger partial charge in [-0.15, -0.1) is 0 Å². The van der Waals surface area contributed by atoms with E-state index in [0.717, 1.165) is 28.1 Å². The molecule has 0 atom stereocenters. The highest BCUT2D eigenvalue weighted by atomic mass is 35.5. The number of ether oxygens (including phenoxy) is 1. The van der Waals surface area contributed by atoms with Crippen LogP contribution < -0.4 is 15.5 Å². The second kappa shape index (κ2) is 10.3. The molecular formula is C23H22ClN3O2. The molecule has 0 aliphatic rings. The van der Waals surface area contributed by atoms with E-state index in [4.69, 9.17) is 16.3 Å². The van der Waals surface area contributed by atoms with Crippen molar-refractivity contribution in [2.45, 2.75) is 13.5 Å². The van der Waals surface area contributed by atoms with Crippen LogP contribution in [0.1, 0.15) is 16.7 Å². The topological polar surface area (TPSA) is 62.7 Å². The fourth-order valence-corrected chi connectivity index (χ4v) is 2.76. The van der Waals surface area contributed by atoms with Crippen LogP contribution in [0.3, 0.4) is 0 Å². The molecule has 3 rings (SSSR count). The van der Waals surface area contributed by atoms with E-state index in [-0.39, 0.29) is 12.5 Å². The molecule has 5 nitrogen and oxygen atoms in total. The Balaban J connectivity index is 1.43. The Bertz CT molecular complexity index is 973. The highest BCUT2D eigenvalue weighted by Crippen LogP contribution is 2.22. The number of hydrogen-bond donors (Lipinski definition) is 2. The summed E-state index contributed by atoms with van der Waals surface area (Å²) >= 11 is 6.07. The number of amides is 1. The van der Waals surface area contributed by atoms with Crippen LogP contribution in [0.5, 0.6) is 5.75 Å². The molecule has 3 aromatic rings. The first kappa shape index (κ1) is 20.4. The number of carbonyl (C=O) groups excluding carboxylic acids is 1. The van der Waals surface area contributed by atoms with Crippen molar-refractivity contribution in [3.63, 3.8) is 0 Å². The SMILES string of the molecule is Cc1c(Cl)cccc1NCC(=O)N/N=C\c1ccc(OCc2ccccc2)cc1. The number of nitrogens with one attached hydrogen (secondary N) is 2. The Morgan fingerprint density at radius 3 is 2.55 bits per heavy atom. The molecule has 0 aliphatic carbocycles. The van der Waals surface area contributed by atoms with Crippen molar-refractivity contribution < 1.29 is 9.53 Å². The molecule has 0 heterocycles. The standard InChI is InChI=1S/C23H22ClN3O2/c1-17-21(24)8-5-9-22(17)25-15-23(28)27-26-14-18-10-12-20(13-11-18)29-16-19-6-3-2-4-7-19/h2-14,25H,15-16H2,1H3,(H,27,28)/b26-14-. The largest absolute Gasteiger partial charge is 0.489 e. The van der Waals surface area contributed by atoms with Gasteiger partial charge in [0, 0.05) is 10.7 Å². The number of nitrogens with zero attached hydrogens (tertiary/aromatic N) is 1. The van der Waals surface area contributed by atoms with Gasteiger partial charge in [0.2, 0.25) is 0 Å². The Morgan fingerprint density at radius 2 is 1.79 bits per heavy atom. The molecule has 3 aromatic carbocycles. The third-order valence-corrected chi connectivity index (χ3v) is 4.65. The zero-order valence-corrected chi connectivity index (χ0v) is 16.8. The van der Waals surface area contributed by atoms with Gasteiger partial charge in [0.05, 0.1) is 12.8 Å². The normalized spacial score (nSPS) is 10.7. The number of halogens is 1. The van der Waals surface area contributed by atoms with Gasteiger partial charge in [0.1, 0.15) is 12.4 Å². The highest BCUT2D eigenvalue weighted by Gasteiger charge is 2.04. The average Bonchev–Trinajstić information content (AvgIpc) is 2.75. The maximum absolute atomic E-state index is 11.9. The highest BCUT2D eigenvalue weighted by molar-refractivity contribution is 6.31. The molecule has 148 valence electrons. The van der Waals surface area contributed by atoms with Crippen LogP contribution in [-0.2, 0) is 11.4 Å². The van der Waals surface area contributed by atoms with Crippen molar-refractivity contribution in [2.75, 3.05) is 11.9 Å². The minimum atomic E-state index is -0.247. The fourth-order valence-electron chi connectivity index (χ4n) is 2.58. The summed E-state index contributed by atoms with van der Waals surface area (Å²) in [5, 5.41) is 7.69. The van der Waals surface area contributed by atoms with Gasteiger partial charge in [0.15, 0.2) is 0 Å². The van der Waals surface area contributed by atoms with Crippen molar-refractivity contribution >= 4 is 29.4 Å². The van der Waals surface area contributed by atoms with Gasteiger partial charge in [-0.1, -0.05) is 48.0 Å². The Morgan fingerprint density at radius 1 is 1.03 bits per heavy atom. The number of hydrogen-bond acceptors (Lipinski definition) is 4. The molecule has 0 bridgehead atoms. The number of benzene rings is 3. The Labute approximate surface area is 175 Å². The molecule has 0 spiro atoms. The van der Waals surface area contributed by atoms with E-state index < -0.39 is 0 Å². The maximum atomic E-state index is 11.9. The van der Waals surface area contributed by atoms with Crippen molar-refractivity contribution in [3.05, 3.63) is 94.5 Å². The van der Waals surface area contributed by atoms with Crippen LogP contribution in [0.25, 0.3) is 0 Å². The summed E-state index contributed by atoms with van der Waals surface area (Å²) in [4.78, 5) is 11.9. The van der Waals surface area contributed by atoms with Gasteiger partial charge in [-0.3, -0.25) is 4.79 Å². The summed E-state index contributed by atoms with van der Waals surface area (Å²) < 4.78 is 5.75. The lowest BCUT2D eigenvalue weighted by atomic mass is 10.2. The summed E-state index contributed by atoms with van der Waals surface area (Å²) in [6.07, 6.45) is 1.59.